The molecular formula is C10H14N2O2. The van der Waals surface area contributed by atoms with Crippen molar-refractivity contribution in [1.29, 1.82) is 0 Å². The molecule has 4 heteroatoms. The molecule has 1 unspecified atom stereocenters. The van der Waals surface area contributed by atoms with Crippen LogP contribution in [0.4, 0.5) is 0 Å². The highest BCUT2D eigenvalue weighted by Gasteiger charge is 2.39. The molecule has 2 heterocycles. The summed E-state index contributed by atoms with van der Waals surface area (Å²) < 4.78 is 7.10. The van der Waals surface area contributed by atoms with E-state index in [1.54, 1.807) is 24.0 Å². The molecule has 0 radical (unpaired) electrons. The van der Waals surface area contributed by atoms with Gasteiger partial charge in [0.15, 0.2) is 0 Å². The molecule has 1 aliphatic heterocycles. The van der Waals surface area contributed by atoms with Gasteiger partial charge >= 0.3 is 0 Å². The number of ether oxygens (including phenoxy) is 1. The van der Waals surface area contributed by atoms with E-state index in [4.69, 9.17) is 4.74 Å². The topological polar surface area (TPSA) is 44.1 Å². The number of carbonyl (C=O) groups is 1. The van der Waals surface area contributed by atoms with E-state index in [1.807, 2.05) is 6.92 Å². The number of nitrogens with zero attached hydrogens (tertiary/aromatic N) is 2. The molecule has 1 aliphatic rings. The van der Waals surface area contributed by atoms with Crippen LogP contribution in [0.1, 0.15) is 30.3 Å². The van der Waals surface area contributed by atoms with Crippen molar-refractivity contribution in [3.8, 4) is 0 Å². The lowest BCUT2D eigenvalue weighted by Crippen LogP contribution is -2.34. The summed E-state index contributed by atoms with van der Waals surface area (Å²) in [5.41, 5.74) is -0.147. The molecular weight excluding hydrogens is 180 g/mol. The average molecular weight is 194 g/mol. The lowest BCUT2D eigenvalue weighted by atomic mass is 9.95. The molecule has 0 aromatic carbocycles. The first-order chi connectivity index (χ1) is 6.62. The van der Waals surface area contributed by atoms with E-state index < -0.39 is 5.60 Å². The van der Waals surface area contributed by atoms with Gasteiger partial charge in [0.2, 0.25) is 5.78 Å². The first-order valence-corrected chi connectivity index (χ1v) is 4.80. The first-order valence-electron chi connectivity index (χ1n) is 4.80. The van der Waals surface area contributed by atoms with Gasteiger partial charge in [-0.25, -0.2) is 0 Å². The van der Waals surface area contributed by atoms with E-state index in [9.17, 15) is 4.79 Å². The van der Waals surface area contributed by atoms with E-state index in [0.717, 1.165) is 12.8 Å². The van der Waals surface area contributed by atoms with Crippen LogP contribution in [0.15, 0.2) is 12.3 Å². The van der Waals surface area contributed by atoms with Gasteiger partial charge in [-0.1, -0.05) is 0 Å². The van der Waals surface area contributed by atoms with E-state index in [2.05, 4.69) is 5.10 Å². The maximum Gasteiger partial charge on any atom is 0.214 e. The van der Waals surface area contributed by atoms with Crippen LogP contribution < -0.4 is 0 Å². The maximum atomic E-state index is 12.0. The SMILES string of the molecule is Cn1ccc(C(=O)C2(C)CCCO2)n1. The lowest BCUT2D eigenvalue weighted by Gasteiger charge is -2.19. The Bertz CT molecular complexity index is 351. The molecule has 1 aromatic rings. The quantitative estimate of drug-likeness (QED) is 0.664. The second-order valence-corrected chi connectivity index (χ2v) is 3.89. The fraction of sp³-hybridized carbons (Fsp3) is 0.600. The molecule has 76 valence electrons. The summed E-state index contributed by atoms with van der Waals surface area (Å²) in [4.78, 5) is 12.0. The number of hydrogen-bond acceptors (Lipinski definition) is 3. The summed E-state index contributed by atoms with van der Waals surface area (Å²) in [5.74, 6) is -0.00407. The third-order valence-corrected chi connectivity index (χ3v) is 2.65. The van der Waals surface area contributed by atoms with Crippen LogP contribution >= 0.6 is 0 Å². The van der Waals surface area contributed by atoms with Crippen molar-refractivity contribution in [2.24, 2.45) is 7.05 Å². The van der Waals surface area contributed by atoms with Crippen molar-refractivity contribution in [2.75, 3.05) is 6.61 Å². The van der Waals surface area contributed by atoms with Crippen molar-refractivity contribution < 1.29 is 9.53 Å². The summed E-state index contributed by atoms with van der Waals surface area (Å²) in [6.45, 7) is 2.52. The average Bonchev–Trinajstić information content (AvgIpc) is 2.74. The smallest absolute Gasteiger partial charge is 0.214 e. The number of carbonyl (C=O) groups excluding carboxylic acids is 1. The van der Waals surface area contributed by atoms with Gasteiger partial charge in [-0.2, -0.15) is 5.10 Å². The highest BCUT2D eigenvalue weighted by molar-refractivity contribution is 6.00. The second kappa shape index (κ2) is 3.20. The van der Waals surface area contributed by atoms with E-state index in [0.29, 0.717) is 12.3 Å². The van der Waals surface area contributed by atoms with E-state index in [1.165, 1.54) is 0 Å². The molecule has 0 aliphatic carbocycles. The lowest BCUT2D eigenvalue weighted by molar-refractivity contribution is 0.0208. The molecule has 0 spiro atoms. The van der Waals surface area contributed by atoms with Crippen molar-refractivity contribution in [1.82, 2.24) is 9.78 Å². The molecule has 0 bridgehead atoms. The van der Waals surface area contributed by atoms with Gasteiger partial charge in [0.05, 0.1) is 0 Å². The monoisotopic (exact) mass is 194 g/mol. The van der Waals surface area contributed by atoms with Crippen LogP contribution in [-0.2, 0) is 11.8 Å². The maximum absolute atomic E-state index is 12.0. The largest absolute Gasteiger partial charge is 0.367 e. The number of Topliss-reactive ketones (excluding diaryl/α,β-unsaturated/α-hetero) is 1. The predicted molar refractivity (Wildman–Crippen MR) is 51.1 cm³/mol. The molecule has 4 nitrogen and oxygen atoms in total. The third kappa shape index (κ3) is 1.46. The second-order valence-electron chi connectivity index (χ2n) is 3.89. The van der Waals surface area contributed by atoms with Gasteiger partial charge in [0.25, 0.3) is 0 Å². The highest BCUT2D eigenvalue weighted by Crippen LogP contribution is 2.28. The van der Waals surface area contributed by atoms with Crippen LogP contribution in [0, 0.1) is 0 Å². The molecule has 1 atom stereocenters. The Morgan fingerprint density at radius 3 is 3.00 bits per heavy atom. The van der Waals surface area contributed by atoms with Crippen molar-refractivity contribution in [3.05, 3.63) is 18.0 Å². The minimum Gasteiger partial charge on any atom is -0.367 e. The third-order valence-electron chi connectivity index (χ3n) is 2.65. The Labute approximate surface area is 82.9 Å². The Morgan fingerprint density at radius 1 is 1.71 bits per heavy atom. The summed E-state index contributed by atoms with van der Waals surface area (Å²) >= 11 is 0. The summed E-state index contributed by atoms with van der Waals surface area (Å²) in [5, 5.41) is 4.09. The number of aromatic nitrogens is 2. The van der Waals surface area contributed by atoms with Crippen molar-refractivity contribution in [2.45, 2.75) is 25.4 Å². The molecule has 14 heavy (non-hydrogen) atoms. The molecule has 0 N–H and O–H groups in total. The van der Waals surface area contributed by atoms with Gasteiger partial charge in [-0.05, 0) is 25.8 Å². The Hall–Kier alpha value is -1.16. The zero-order chi connectivity index (χ0) is 10.2. The van der Waals surface area contributed by atoms with Gasteiger partial charge in [0, 0.05) is 19.9 Å². The Balaban J connectivity index is 2.23. The van der Waals surface area contributed by atoms with Crippen molar-refractivity contribution in [3.63, 3.8) is 0 Å². The number of aryl methyl sites for hydroxylation is 1. The number of ketones is 1. The van der Waals surface area contributed by atoms with Gasteiger partial charge < -0.3 is 4.74 Å². The molecule has 1 fully saturated rings. The van der Waals surface area contributed by atoms with Crippen LogP contribution in [-0.4, -0.2) is 27.8 Å². The van der Waals surface area contributed by atoms with Gasteiger partial charge in [0.1, 0.15) is 11.3 Å². The minimum atomic E-state index is -0.644. The minimum absolute atomic E-state index is 0.00407. The van der Waals surface area contributed by atoms with Crippen LogP contribution in [0.3, 0.4) is 0 Å². The highest BCUT2D eigenvalue weighted by atomic mass is 16.5. The fourth-order valence-electron chi connectivity index (χ4n) is 1.77. The summed E-state index contributed by atoms with van der Waals surface area (Å²) in [6, 6.07) is 1.73. The predicted octanol–water partition coefficient (Wildman–Crippen LogP) is 1.17. The molecule has 1 aromatic heterocycles. The zero-order valence-corrected chi connectivity index (χ0v) is 8.49. The number of hydrogen-bond donors (Lipinski definition) is 0. The summed E-state index contributed by atoms with van der Waals surface area (Å²) in [6.07, 6.45) is 3.52. The van der Waals surface area contributed by atoms with Crippen LogP contribution in [0.5, 0.6) is 0 Å². The summed E-state index contributed by atoms with van der Waals surface area (Å²) in [7, 11) is 1.80. The zero-order valence-electron chi connectivity index (χ0n) is 8.49. The standard InChI is InChI=1S/C10H14N2O2/c1-10(5-3-7-14-10)9(13)8-4-6-12(2)11-8/h4,6H,3,5,7H2,1-2H3. The Kier molecular flexibility index (Phi) is 2.15. The number of rotatable bonds is 2. The molecule has 2 rings (SSSR count). The van der Waals surface area contributed by atoms with Crippen LogP contribution in [0.2, 0.25) is 0 Å². The molecule has 0 saturated carbocycles. The van der Waals surface area contributed by atoms with Crippen molar-refractivity contribution >= 4 is 5.78 Å². The van der Waals surface area contributed by atoms with E-state index >= 15 is 0 Å². The van der Waals surface area contributed by atoms with Gasteiger partial charge in [-0.15, -0.1) is 0 Å². The first kappa shape index (κ1) is 9.40. The van der Waals surface area contributed by atoms with Crippen LogP contribution in [0.25, 0.3) is 0 Å². The fourth-order valence-corrected chi connectivity index (χ4v) is 1.77. The Morgan fingerprint density at radius 2 is 2.50 bits per heavy atom. The molecule has 1 saturated heterocycles. The normalized spacial score (nSPS) is 26.7. The van der Waals surface area contributed by atoms with E-state index in [-0.39, 0.29) is 5.78 Å². The molecule has 0 amide bonds. The van der Waals surface area contributed by atoms with Gasteiger partial charge in [-0.3, -0.25) is 9.48 Å².